The van der Waals surface area contributed by atoms with Gasteiger partial charge in [0.1, 0.15) is 18.8 Å². The molecule has 10 heteroatoms. The number of esters is 3. The van der Waals surface area contributed by atoms with Gasteiger partial charge in [-0.1, -0.05) is 19.1 Å². The van der Waals surface area contributed by atoms with E-state index in [9.17, 15) is 19.2 Å². The monoisotopic (exact) mass is 467 g/mol. The lowest BCUT2D eigenvalue weighted by molar-refractivity contribution is -0.225. The molecule has 1 fully saturated rings. The van der Waals surface area contributed by atoms with Crippen LogP contribution in [0.15, 0.2) is 29.2 Å². The van der Waals surface area contributed by atoms with Crippen LogP contribution in [0, 0.1) is 0 Å². The average molecular weight is 468 g/mol. The van der Waals surface area contributed by atoms with Gasteiger partial charge in [-0.25, -0.2) is 0 Å². The zero-order valence-electron chi connectivity index (χ0n) is 18.8. The Balaban J connectivity index is 2.54. The minimum atomic E-state index is -1.10. The van der Waals surface area contributed by atoms with Crippen LogP contribution < -0.4 is 5.32 Å². The van der Waals surface area contributed by atoms with Crippen LogP contribution in [0.4, 0.5) is 0 Å². The van der Waals surface area contributed by atoms with E-state index in [1.54, 1.807) is 11.8 Å². The van der Waals surface area contributed by atoms with Gasteiger partial charge in [-0.15, -0.1) is 11.8 Å². The highest BCUT2D eigenvalue weighted by molar-refractivity contribution is 7.99. The van der Waals surface area contributed by atoms with E-state index in [4.69, 9.17) is 18.9 Å². The van der Waals surface area contributed by atoms with Crippen molar-refractivity contribution in [2.75, 3.05) is 12.4 Å². The van der Waals surface area contributed by atoms with Gasteiger partial charge in [-0.3, -0.25) is 19.2 Å². The molecule has 1 aromatic carbocycles. The van der Waals surface area contributed by atoms with Gasteiger partial charge >= 0.3 is 17.9 Å². The molecule has 0 saturated carbocycles. The van der Waals surface area contributed by atoms with Gasteiger partial charge in [-0.2, -0.15) is 0 Å². The average Bonchev–Trinajstić information content (AvgIpc) is 2.69. The number of ether oxygens (including phenoxy) is 4. The number of benzene rings is 1. The van der Waals surface area contributed by atoms with Gasteiger partial charge in [0.15, 0.2) is 12.2 Å². The summed E-state index contributed by atoms with van der Waals surface area (Å²) in [6.45, 7) is 6.81. The predicted molar refractivity (Wildman–Crippen MR) is 116 cm³/mol. The maximum Gasteiger partial charge on any atom is 0.303 e. The maximum atomic E-state index is 12.0. The molecule has 9 nitrogen and oxygen atoms in total. The second kappa shape index (κ2) is 11.9. The molecule has 32 heavy (non-hydrogen) atoms. The zero-order valence-corrected chi connectivity index (χ0v) is 19.6. The fourth-order valence-electron chi connectivity index (χ4n) is 3.57. The van der Waals surface area contributed by atoms with Crippen LogP contribution >= 0.6 is 11.8 Å². The molecule has 1 aliphatic heterocycles. The van der Waals surface area contributed by atoms with Crippen molar-refractivity contribution >= 4 is 35.6 Å². The first-order valence-corrected chi connectivity index (χ1v) is 11.2. The highest BCUT2D eigenvalue weighted by atomic mass is 32.2. The van der Waals surface area contributed by atoms with Crippen LogP contribution in [0.25, 0.3) is 0 Å². The van der Waals surface area contributed by atoms with E-state index in [0.29, 0.717) is 0 Å². The van der Waals surface area contributed by atoms with Crippen LogP contribution in [0.1, 0.15) is 46.3 Å². The Hall–Kier alpha value is -2.59. The molecule has 1 aromatic rings. The second-order valence-electron chi connectivity index (χ2n) is 7.28. The standard InChI is InChI=1S/C22H29NO8S/c1-6-32-17-9-7-8-16(10-17)20-19(23-12(2)24)22(30-15(5)27)21(29-14(4)26)18(31-20)11-28-13(3)25/h7-10,18-22H,6,11H2,1-5H3,(H,23,24)/t18-,19+,20-,21+,22-/m1/s1. The number of nitrogens with one attached hydrogen (secondary N) is 1. The summed E-state index contributed by atoms with van der Waals surface area (Å²) in [6.07, 6.45) is -3.85. The summed E-state index contributed by atoms with van der Waals surface area (Å²) in [4.78, 5) is 48.2. The molecule has 1 aliphatic rings. The van der Waals surface area contributed by atoms with Gasteiger partial charge in [-0.05, 0) is 23.4 Å². The number of carbonyl (C=O) groups is 4. The molecule has 5 atom stereocenters. The van der Waals surface area contributed by atoms with E-state index < -0.39 is 48.4 Å². The molecule has 0 radical (unpaired) electrons. The van der Waals surface area contributed by atoms with Crippen molar-refractivity contribution < 1.29 is 38.1 Å². The van der Waals surface area contributed by atoms with E-state index in [1.165, 1.54) is 27.7 Å². The third kappa shape index (κ3) is 7.23. The van der Waals surface area contributed by atoms with Gasteiger partial charge in [0.25, 0.3) is 0 Å². The Bertz CT molecular complexity index is 845. The number of amides is 1. The molecule has 1 saturated heterocycles. The SMILES string of the molecule is CCSc1cccc([C@H]2O[C@H](COC(C)=O)[C@H](OC(C)=O)[C@H](OC(C)=O)[C@H]2NC(C)=O)c1. The highest BCUT2D eigenvalue weighted by Crippen LogP contribution is 2.37. The molecule has 176 valence electrons. The molecular formula is C22H29NO8S. The Labute approximate surface area is 191 Å². The minimum absolute atomic E-state index is 0.224. The molecule has 0 spiro atoms. The van der Waals surface area contributed by atoms with E-state index in [2.05, 4.69) is 5.32 Å². The van der Waals surface area contributed by atoms with E-state index >= 15 is 0 Å². The lowest BCUT2D eigenvalue weighted by Crippen LogP contribution is -2.63. The van der Waals surface area contributed by atoms with Crippen molar-refractivity contribution in [1.29, 1.82) is 0 Å². The van der Waals surface area contributed by atoms with Crippen LogP contribution in [-0.4, -0.2) is 60.5 Å². The first-order valence-electron chi connectivity index (χ1n) is 10.3. The van der Waals surface area contributed by atoms with Gasteiger partial charge in [0.2, 0.25) is 5.91 Å². The highest BCUT2D eigenvalue weighted by Gasteiger charge is 2.51. The first kappa shape index (κ1) is 25.7. The van der Waals surface area contributed by atoms with Crippen molar-refractivity contribution in [2.45, 2.75) is 70.0 Å². The second-order valence-corrected chi connectivity index (χ2v) is 8.62. The molecule has 1 amide bonds. The number of thioether (sulfide) groups is 1. The number of hydrogen-bond donors (Lipinski definition) is 1. The van der Waals surface area contributed by atoms with E-state index in [-0.39, 0.29) is 12.5 Å². The smallest absolute Gasteiger partial charge is 0.303 e. The summed E-state index contributed by atoms with van der Waals surface area (Å²) in [5.41, 5.74) is 0.730. The van der Waals surface area contributed by atoms with Crippen molar-refractivity contribution in [3.05, 3.63) is 29.8 Å². The van der Waals surface area contributed by atoms with Crippen molar-refractivity contribution in [1.82, 2.24) is 5.32 Å². The van der Waals surface area contributed by atoms with Crippen LogP contribution in [0.2, 0.25) is 0 Å². The summed E-state index contributed by atoms with van der Waals surface area (Å²) >= 11 is 1.64. The van der Waals surface area contributed by atoms with Gasteiger partial charge in [0, 0.05) is 32.6 Å². The number of carbonyl (C=O) groups excluding carboxylic acids is 4. The molecule has 0 bridgehead atoms. The summed E-state index contributed by atoms with van der Waals surface area (Å²) in [5.74, 6) is -1.31. The fraction of sp³-hybridized carbons (Fsp3) is 0.545. The summed E-state index contributed by atoms with van der Waals surface area (Å²) in [5, 5.41) is 2.78. The molecule has 0 unspecified atom stereocenters. The first-order chi connectivity index (χ1) is 15.1. The molecule has 0 aromatic heterocycles. The summed E-state index contributed by atoms with van der Waals surface area (Å²) in [6, 6.07) is 6.72. The maximum absolute atomic E-state index is 12.0. The Morgan fingerprint density at radius 3 is 2.22 bits per heavy atom. The summed E-state index contributed by atoms with van der Waals surface area (Å²) in [7, 11) is 0. The van der Waals surface area contributed by atoms with E-state index in [0.717, 1.165) is 16.2 Å². The molecule has 2 rings (SSSR count). The summed E-state index contributed by atoms with van der Waals surface area (Å²) < 4.78 is 22.3. The van der Waals surface area contributed by atoms with Crippen molar-refractivity contribution in [3.8, 4) is 0 Å². The number of hydrogen-bond acceptors (Lipinski definition) is 9. The lowest BCUT2D eigenvalue weighted by Gasteiger charge is -2.45. The molecule has 1 N–H and O–H groups in total. The largest absolute Gasteiger partial charge is 0.463 e. The van der Waals surface area contributed by atoms with Crippen LogP contribution in [0.5, 0.6) is 0 Å². The third-order valence-electron chi connectivity index (χ3n) is 4.61. The third-order valence-corrected chi connectivity index (χ3v) is 5.49. The lowest BCUT2D eigenvalue weighted by atomic mass is 9.88. The normalized spacial score (nSPS) is 24.8. The number of rotatable bonds is 8. The zero-order chi connectivity index (χ0) is 23.8. The molecule has 0 aliphatic carbocycles. The van der Waals surface area contributed by atoms with Crippen LogP contribution in [-0.2, 0) is 38.1 Å². The van der Waals surface area contributed by atoms with E-state index in [1.807, 2.05) is 31.2 Å². The van der Waals surface area contributed by atoms with Gasteiger partial charge < -0.3 is 24.3 Å². The quantitative estimate of drug-likeness (QED) is 0.349. The topological polar surface area (TPSA) is 117 Å². The predicted octanol–water partition coefficient (Wildman–Crippen LogP) is 2.17. The van der Waals surface area contributed by atoms with Crippen molar-refractivity contribution in [3.63, 3.8) is 0 Å². The van der Waals surface area contributed by atoms with Crippen LogP contribution in [0.3, 0.4) is 0 Å². The fourth-order valence-corrected chi connectivity index (χ4v) is 4.29. The Morgan fingerprint density at radius 2 is 1.66 bits per heavy atom. The Kier molecular flexibility index (Phi) is 9.52. The minimum Gasteiger partial charge on any atom is -0.463 e. The Morgan fingerprint density at radius 1 is 1.00 bits per heavy atom. The molecular weight excluding hydrogens is 438 g/mol. The molecule has 1 heterocycles. The van der Waals surface area contributed by atoms with Gasteiger partial charge in [0.05, 0.1) is 6.04 Å². The van der Waals surface area contributed by atoms with Crippen molar-refractivity contribution in [2.24, 2.45) is 0 Å².